The van der Waals surface area contributed by atoms with Crippen LogP contribution in [0.4, 0.5) is 0 Å². The van der Waals surface area contributed by atoms with Gasteiger partial charge in [-0.15, -0.1) is 0 Å². The highest BCUT2D eigenvalue weighted by Crippen LogP contribution is 2.40. The summed E-state index contributed by atoms with van der Waals surface area (Å²) in [6.45, 7) is 5.18. The molecule has 13 heavy (non-hydrogen) atoms. The van der Waals surface area contributed by atoms with Crippen LogP contribution in [0.5, 0.6) is 0 Å². The molecule has 0 bridgehead atoms. The van der Waals surface area contributed by atoms with Crippen molar-refractivity contribution in [3.63, 3.8) is 0 Å². The zero-order chi connectivity index (χ0) is 9.31. The number of alkyl halides is 1. The Hall–Kier alpha value is 0.440. The molecule has 0 N–H and O–H groups in total. The number of rotatable bonds is 1. The van der Waals surface area contributed by atoms with Crippen molar-refractivity contribution in [2.75, 3.05) is 18.4 Å². The lowest BCUT2D eigenvalue weighted by atomic mass is 9.73. The zero-order valence-corrected chi connectivity index (χ0v) is 10.1. The van der Waals surface area contributed by atoms with Crippen LogP contribution in [0.1, 0.15) is 39.0 Å². The van der Waals surface area contributed by atoms with Crippen LogP contribution in [0.15, 0.2) is 0 Å². The summed E-state index contributed by atoms with van der Waals surface area (Å²) in [5.74, 6) is 0.890. The average Bonchev–Trinajstić information content (AvgIpc) is 2.16. The fraction of sp³-hybridized carbons (Fsp3) is 1.00. The van der Waals surface area contributed by atoms with Crippen molar-refractivity contribution in [1.29, 1.82) is 0 Å². The van der Waals surface area contributed by atoms with Crippen molar-refractivity contribution >= 4 is 15.9 Å². The maximum absolute atomic E-state index is 3.68. The Kier molecular flexibility index (Phi) is 2.99. The molecule has 2 aliphatic rings. The van der Waals surface area contributed by atoms with E-state index in [1.54, 1.807) is 0 Å². The van der Waals surface area contributed by atoms with Gasteiger partial charge in [0.1, 0.15) is 0 Å². The van der Waals surface area contributed by atoms with Gasteiger partial charge in [-0.1, -0.05) is 22.4 Å². The summed E-state index contributed by atoms with van der Waals surface area (Å²) in [6.07, 6.45) is 7.12. The van der Waals surface area contributed by atoms with Crippen molar-refractivity contribution < 1.29 is 0 Å². The summed E-state index contributed by atoms with van der Waals surface area (Å²) < 4.78 is 0. The smallest absolute Gasteiger partial charge is 0.0217 e. The SMILES string of the molecule is C[C@]12CCCCN1CCC[C@H]2CBr. The predicted octanol–water partition coefficient (Wildman–Crippen LogP) is 3.04. The van der Waals surface area contributed by atoms with Crippen molar-refractivity contribution in [2.45, 2.75) is 44.6 Å². The van der Waals surface area contributed by atoms with Crippen LogP contribution in [0, 0.1) is 5.92 Å². The normalized spacial score (nSPS) is 41.5. The van der Waals surface area contributed by atoms with Gasteiger partial charge >= 0.3 is 0 Å². The topological polar surface area (TPSA) is 3.24 Å². The van der Waals surface area contributed by atoms with Gasteiger partial charge in [-0.25, -0.2) is 0 Å². The number of halogens is 1. The Morgan fingerprint density at radius 2 is 2.08 bits per heavy atom. The molecule has 2 atom stereocenters. The molecule has 0 spiro atoms. The van der Waals surface area contributed by atoms with E-state index in [0.717, 1.165) is 5.92 Å². The fourth-order valence-corrected chi connectivity index (χ4v) is 4.13. The van der Waals surface area contributed by atoms with E-state index >= 15 is 0 Å². The van der Waals surface area contributed by atoms with Crippen LogP contribution >= 0.6 is 15.9 Å². The first-order chi connectivity index (χ1) is 6.27. The van der Waals surface area contributed by atoms with E-state index in [4.69, 9.17) is 0 Å². The Bertz CT molecular complexity index is 172. The van der Waals surface area contributed by atoms with E-state index in [1.165, 1.54) is 50.5 Å². The quantitative estimate of drug-likeness (QED) is 0.643. The Balaban J connectivity index is 2.14. The largest absolute Gasteiger partial charge is 0.298 e. The molecule has 0 aliphatic carbocycles. The van der Waals surface area contributed by atoms with Crippen LogP contribution in [-0.2, 0) is 0 Å². The van der Waals surface area contributed by atoms with Gasteiger partial charge in [-0.2, -0.15) is 0 Å². The molecule has 0 aromatic heterocycles. The second kappa shape index (κ2) is 3.90. The Morgan fingerprint density at radius 3 is 2.85 bits per heavy atom. The molecule has 0 amide bonds. The summed E-state index contributed by atoms with van der Waals surface area (Å²) in [7, 11) is 0. The molecule has 2 heteroatoms. The molecule has 0 aromatic carbocycles. The lowest BCUT2D eigenvalue weighted by Crippen LogP contribution is -2.57. The third-order valence-corrected chi connectivity index (χ3v) is 4.91. The summed E-state index contributed by atoms with van der Waals surface area (Å²) in [4.78, 5) is 2.74. The molecule has 0 aromatic rings. The monoisotopic (exact) mass is 245 g/mol. The number of nitrogens with zero attached hydrogens (tertiary/aromatic N) is 1. The van der Waals surface area contributed by atoms with Gasteiger partial charge in [0.2, 0.25) is 0 Å². The highest BCUT2D eigenvalue weighted by atomic mass is 79.9. The Morgan fingerprint density at radius 1 is 1.31 bits per heavy atom. The van der Waals surface area contributed by atoms with Gasteiger partial charge in [0, 0.05) is 10.9 Å². The van der Waals surface area contributed by atoms with Crippen LogP contribution in [0.25, 0.3) is 0 Å². The van der Waals surface area contributed by atoms with Crippen molar-refractivity contribution in [3.8, 4) is 0 Å². The maximum atomic E-state index is 3.68. The predicted molar refractivity (Wildman–Crippen MR) is 60.3 cm³/mol. The van der Waals surface area contributed by atoms with Crippen LogP contribution < -0.4 is 0 Å². The standard InChI is InChI=1S/C11H20BrN/c1-11-6-2-3-7-13(11)8-4-5-10(11)9-12/h10H,2-9H2,1H3/t10-,11+/m0/s1. The van der Waals surface area contributed by atoms with Gasteiger partial charge in [0.05, 0.1) is 0 Å². The molecule has 2 aliphatic heterocycles. The van der Waals surface area contributed by atoms with Crippen molar-refractivity contribution in [3.05, 3.63) is 0 Å². The molecule has 0 radical (unpaired) electrons. The molecule has 0 unspecified atom stereocenters. The van der Waals surface area contributed by atoms with Crippen molar-refractivity contribution in [1.82, 2.24) is 4.90 Å². The van der Waals surface area contributed by atoms with Gasteiger partial charge in [-0.05, 0) is 51.6 Å². The first-order valence-corrected chi connectivity index (χ1v) is 6.70. The number of fused-ring (bicyclic) bond motifs is 1. The average molecular weight is 246 g/mol. The molecule has 76 valence electrons. The molecular formula is C11H20BrN. The van der Waals surface area contributed by atoms with Gasteiger partial charge in [-0.3, -0.25) is 4.90 Å². The number of hydrogen-bond acceptors (Lipinski definition) is 1. The number of piperidine rings is 2. The molecule has 0 saturated carbocycles. The molecule has 2 fully saturated rings. The summed E-state index contributed by atoms with van der Waals surface area (Å²) in [5, 5.41) is 1.19. The third-order valence-electron chi connectivity index (χ3n) is 4.13. The minimum Gasteiger partial charge on any atom is -0.298 e. The molecular weight excluding hydrogens is 226 g/mol. The first kappa shape index (κ1) is 9.97. The maximum Gasteiger partial charge on any atom is 0.0217 e. The molecule has 1 nitrogen and oxygen atoms in total. The molecule has 2 rings (SSSR count). The van der Waals surface area contributed by atoms with Crippen molar-refractivity contribution in [2.24, 2.45) is 5.92 Å². The number of hydrogen-bond donors (Lipinski definition) is 0. The summed E-state index contributed by atoms with van der Waals surface area (Å²) in [5.41, 5.74) is 0.528. The molecule has 2 heterocycles. The van der Waals surface area contributed by atoms with E-state index in [-0.39, 0.29) is 0 Å². The third kappa shape index (κ3) is 1.68. The van der Waals surface area contributed by atoms with Crippen LogP contribution in [0.2, 0.25) is 0 Å². The molecule has 2 saturated heterocycles. The minimum atomic E-state index is 0.528. The highest BCUT2D eigenvalue weighted by Gasteiger charge is 2.42. The lowest BCUT2D eigenvalue weighted by molar-refractivity contribution is -0.0126. The van der Waals surface area contributed by atoms with Crippen LogP contribution in [-0.4, -0.2) is 28.9 Å². The second-order valence-electron chi connectivity index (χ2n) is 4.79. The zero-order valence-electron chi connectivity index (χ0n) is 8.56. The first-order valence-electron chi connectivity index (χ1n) is 5.58. The van der Waals surface area contributed by atoms with E-state index < -0.39 is 0 Å². The Labute approximate surface area is 90.0 Å². The fourth-order valence-electron chi connectivity index (χ4n) is 3.11. The minimum absolute atomic E-state index is 0.528. The van der Waals surface area contributed by atoms with Gasteiger partial charge in [0.15, 0.2) is 0 Å². The highest BCUT2D eigenvalue weighted by molar-refractivity contribution is 9.09. The van der Waals surface area contributed by atoms with E-state index in [2.05, 4.69) is 27.8 Å². The van der Waals surface area contributed by atoms with E-state index in [1.807, 2.05) is 0 Å². The van der Waals surface area contributed by atoms with Gasteiger partial charge in [0.25, 0.3) is 0 Å². The van der Waals surface area contributed by atoms with Crippen LogP contribution in [0.3, 0.4) is 0 Å². The van der Waals surface area contributed by atoms with Gasteiger partial charge < -0.3 is 0 Å². The summed E-state index contributed by atoms with van der Waals surface area (Å²) in [6, 6.07) is 0. The second-order valence-corrected chi connectivity index (χ2v) is 5.44. The van der Waals surface area contributed by atoms with E-state index in [9.17, 15) is 0 Å². The summed E-state index contributed by atoms with van der Waals surface area (Å²) >= 11 is 3.68. The van der Waals surface area contributed by atoms with E-state index in [0.29, 0.717) is 5.54 Å². The lowest BCUT2D eigenvalue weighted by Gasteiger charge is -2.52.